The van der Waals surface area contributed by atoms with Gasteiger partial charge in [0.2, 0.25) is 0 Å². The predicted molar refractivity (Wildman–Crippen MR) is 153 cm³/mol. The van der Waals surface area contributed by atoms with Gasteiger partial charge < -0.3 is 19.7 Å². The van der Waals surface area contributed by atoms with E-state index < -0.39 is 11.4 Å². The summed E-state index contributed by atoms with van der Waals surface area (Å²) in [6.45, 7) is 9.75. The molecule has 8 nitrogen and oxygen atoms in total. The van der Waals surface area contributed by atoms with Crippen LogP contribution in [0, 0.1) is 17.1 Å². The third-order valence-electron chi connectivity index (χ3n) is 6.46. The Bertz CT molecular complexity index is 1320. The average molecular weight is 575 g/mol. The number of amides is 1. The molecule has 0 radical (unpaired) electrons. The number of nitrogens with one attached hydrogen (secondary N) is 1. The Kier molecular flexibility index (Phi) is 8.90. The third-order valence-corrected chi connectivity index (χ3v) is 7.14. The van der Waals surface area contributed by atoms with Crippen LogP contribution in [0.25, 0.3) is 0 Å². The Balaban J connectivity index is 0.000000532. The molecule has 1 saturated heterocycles. The molecule has 0 aromatic heterocycles. The van der Waals surface area contributed by atoms with Crippen LogP contribution in [0.15, 0.2) is 36.4 Å². The smallest absolute Gasteiger partial charge is 0.293 e. The van der Waals surface area contributed by atoms with E-state index >= 15 is 0 Å². The number of carbonyl (C=O) groups excluding carboxylic acids is 2. The van der Waals surface area contributed by atoms with E-state index in [9.17, 15) is 14.0 Å². The molecule has 0 unspecified atom stereocenters. The molecule has 2 aliphatic rings. The summed E-state index contributed by atoms with van der Waals surface area (Å²) in [5, 5.41) is 12.7. The van der Waals surface area contributed by atoms with Gasteiger partial charge in [-0.1, -0.05) is 11.6 Å². The van der Waals surface area contributed by atoms with Crippen molar-refractivity contribution in [1.82, 2.24) is 5.32 Å². The highest BCUT2D eigenvalue weighted by Crippen LogP contribution is 2.39. The molecule has 208 valence electrons. The highest BCUT2D eigenvalue weighted by atomic mass is 35.5. The summed E-state index contributed by atoms with van der Waals surface area (Å²) in [5.41, 5.74) is -0.262. The summed E-state index contributed by atoms with van der Waals surface area (Å²) in [5.74, 6) is -0.658. The monoisotopic (exact) mass is 574 g/mol. The van der Waals surface area contributed by atoms with Gasteiger partial charge in [0, 0.05) is 11.8 Å². The van der Waals surface area contributed by atoms with Crippen LogP contribution in [0.3, 0.4) is 0 Å². The van der Waals surface area contributed by atoms with Crippen molar-refractivity contribution >= 4 is 52.7 Å². The number of anilines is 2. The van der Waals surface area contributed by atoms with E-state index in [4.69, 9.17) is 33.8 Å². The van der Waals surface area contributed by atoms with Crippen LogP contribution < -0.4 is 19.9 Å². The van der Waals surface area contributed by atoms with E-state index in [1.165, 1.54) is 23.1 Å². The van der Waals surface area contributed by atoms with Crippen LogP contribution in [0.5, 0.6) is 5.75 Å². The minimum atomic E-state index is -1.06. The predicted octanol–water partition coefficient (Wildman–Crippen LogP) is 5.36. The maximum atomic E-state index is 14.9. The second-order valence-electron chi connectivity index (χ2n) is 10.9. The molecular weight excluding hydrogens is 543 g/mol. The van der Waals surface area contributed by atoms with Gasteiger partial charge in [-0.05, 0) is 97.1 Å². The quantitative estimate of drug-likeness (QED) is 0.349. The van der Waals surface area contributed by atoms with Crippen molar-refractivity contribution in [3.05, 3.63) is 52.8 Å². The number of carbonyl (C=O) groups is 2. The molecule has 0 atom stereocenters. The first-order chi connectivity index (χ1) is 18.2. The molecular formula is C28H32ClFN4O4S. The van der Waals surface area contributed by atoms with Crippen LogP contribution in [0.1, 0.15) is 53.0 Å². The van der Waals surface area contributed by atoms with Crippen molar-refractivity contribution in [3.8, 4) is 11.8 Å². The van der Waals surface area contributed by atoms with E-state index in [2.05, 4.69) is 10.1 Å². The maximum Gasteiger partial charge on any atom is 0.293 e. The van der Waals surface area contributed by atoms with Crippen molar-refractivity contribution in [1.29, 1.82) is 5.26 Å². The first-order valence-electron chi connectivity index (χ1n) is 12.3. The standard InChI is InChI=1S/C23H22ClFN4O2S.C5H10O2/c1-22(2)20(30)28(15-5-4-14(12-26)17(24)10-15)21(32)29(22)16-6-7-19(18(25)11-16)31-13-23(27-3)8-9-23;1-5(2,3)7-4-6/h4-7,10-11,27H,8-9,13H2,1-3H3;4H,1-3H3. The number of hydrogen-bond acceptors (Lipinski definition) is 7. The largest absolute Gasteiger partial charge is 0.489 e. The molecule has 39 heavy (non-hydrogen) atoms. The van der Waals surface area contributed by atoms with Gasteiger partial charge in [-0.2, -0.15) is 5.26 Å². The lowest BCUT2D eigenvalue weighted by molar-refractivity contribution is -0.138. The van der Waals surface area contributed by atoms with Gasteiger partial charge in [0.25, 0.3) is 12.4 Å². The van der Waals surface area contributed by atoms with Crippen LogP contribution in [0.4, 0.5) is 15.8 Å². The number of benzene rings is 2. The van der Waals surface area contributed by atoms with E-state index in [1.54, 1.807) is 36.9 Å². The number of hydrogen-bond donors (Lipinski definition) is 1. The Morgan fingerprint density at radius 2 is 1.85 bits per heavy atom. The normalized spacial score (nSPS) is 17.2. The van der Waals surface area contributed by atoms with Gasteiger partial charge in [-0.3, -0.25) is 14.5 Å². The van der Waals surface area contributed by atoms with Gasteiger partial charge in [0.1, 0.15) is 23.8 Å². The first kappa shape index (κ1) is 30.3. The number of thiocarbonyl (C=S) groups is 1. The van der Waals surface area contributed by atoms with Crippen LogP contribution in [0.2, 0.25) is 5.02 Å². The fourth-order valence-corrected chi connectivity index (χ4v) is 4.65. The van der Waals surface area contributed by atoms with Crippen molar-refractivity contribution < 1.29 is 23.5 Å². The highest BCUT2D eigenvalue weighted by Gasteiger charge is 2.50. The maximum absolute atomic E-state index is 14.9. The van der Waals surface area contributed by atoms with Crippen molar-refractivity contribution in [2.45, 2.75) is 64.1 Å². The molecule has 1 N–H and O–H groups in total. The van der Waals surface area contributed by atoms with Crippen LogP contribution in [-0.4, -0.2) is 47.8 Å². The minimum Gasteiger partial charge on any atom is -0.489 e. The van der Waals surface area contributed by atoms with E-state index in [1.807, 2.05) is 33.9 Å². The first-order valence-corrected chi connectivity index (χ1v) is 13.1. The van der Waals surface area contributed by atoms with Crippen molar-refractivity contribution in [2.75, 3.05) is 23.5 Å². The molecule has 1 heterocycles. The van der Waals surface area contributed by atoms with E-state index in [0.29, 0.717) is 30.0 Å². The number of halogens is 2. The van der Waals surface area contributed by atoms with Crippen molar-refractivity contribution in [3.63, 3.8) is 0 Å². The summed E-state index contributed by atoms with van der Waals surface area (Å²) in [7, 11) is 1.87. The molecule has 1 aliphatic heterocycles. The van der Waals surface area contributed by atoms with Gasteiger partial charge >= 0.3 is 0 Å². The molecule has 11 heteroatoms. The number of nitrogens with zero attached hydrogens (tertiary/aromatic N) is 3. The zero-order valence-electron chi connectivity index (χ0n) is 22.8. The van der Waals surface area contributed by atoms with E-state index in [0.717, 1.165) is 12.8 Å². The van der Waals surface area contributed by atoms with Gasteiger partial charge in [-0.25, -0.2) is 4.39 Å². The minimum absolute atomic E-state index is 0.0705. The summed E-state index contributed by atoms with van der Waals surface area (Å²) >= 11 is 11.8. The second-order valence-corrected chi connectivity index (χ2v) is 11.6. The lowest BCUT2D eigenvalue weighted by Crippen LogP contribution is -2.44. The van der Waals surface area contributed by atoms with Gasteiger partial charge in [-0.15, -0.1) is 0 Å². The molecule has 1 aliphatic carbocycles. The Morgan fingerprint density at radius 1 is 1.21 bits per heavy atom. The lowest BCUT2D eigenvalue weighted by atomic mass is 10.0. The Hall–Kier alpha value is -3.26. The Labute approximate surface area is 238 Å². The lowest BCUT2D eigenvalue weighted by Gasteiger charge is -2.29. The fraction of sp³-hybridized carbons (Fsp3) is 0.429. The number of ether oxygens (including phenoxy) is 2. The molecule has 4 rings (SSSR count). The molecule has 1 saturated carbocycles. The second kappa shape index (κ2) is 11.5. The van der Waals surface area contributed by atoms with Crippen LogP contribution >= 0.6 is 23.8 Å². The molecule has 0 spiro atoms. The summed E-state index contributed by atoms with van der Waals surface area (Å²) in [6, 6.07) is 11.2. The van der Waals surface area contributed by atoms with E-state index in [-0.39, 0.29) is 32.9 Å². The number of nitriles is 1. The molecule has 0 bridgehead atoms. The zero-order valence-corrected chi connectivity index (χ0v) is 24.4. The average Bonchev–Trinajstić information content (AvgIpc) is 3.60. The van der Waals surface area contributed by atoms with Crippen LogP contribution in [-0.2, 0) is 14.3 Å². The Morgan fingerprint density at radius 3 is 2.31 bits per heavy atom. The summed E-state index contributed by atoms with van der Waals surface area (Å²) in [4.78, 5) is 25.8. The number of likely N-dealkylation sites (N-methyl/N-ethyl adjacent to an activating group) is 1. The summed E-state index contributed by atoms with van der Waals surface area (Å²) < 4.78 is 25.1. The molecule has 1 amide bonds. The topological polar surface area (TPSA) is 94.9 Å². The summed E-state index contributed by atoms with van der Waals surface area (Å²) in [6.07, 6.45) is 1.99. The third kappa shape index (κ3) is 6.67. The molecule has 2 aromatic carbocycles. The van der Waals surface area contributed by atoms with Crippen molar-refractivity contribution in [2.24, 2.45) is 0 Å². The SMILES string of the molecule is CC(C)(C)OC=O.CNC1(COc2ccc(N3C(=S)N(c4ccc(C#N)c(Cl)c4)C(=O)C3(C)C)cc2F)CC1. The molecule has 2 aromatic rings. The van der Waals surface area contributed by atoms with Gasteiger partial charge in [0.05, 0.1) is 21.8 Å². The molecule has 2 fully saturated rings. The zero-order chi connectivity index (χ0) is 29.2. The number of rotatable bonds is 7. The van der Waals surface area contributed by atoms with Gasteiger partial charge in [0.15, 0.2) is 16.7 Å². The highest BCUT2D eigenvalue weighted by molar-refractivity contribution is 7.81. The fourth-order valence-electron chi connectivity index (χ4n) is 3.91.